The Labute approximate surface area is 124 Å². The van der Waals surface area contributed by atoms with Gasteiger partial charge in [-0.3, -0.25) is 0 Å². The molecule has 0 atom stereocenters. The minimum Gasteiger partial charge on any atom is -0.374 e. The predicted octanol–water partition coefficient (Wildman–Crippen LogP) is 1.02. The summed E-state index contributed by atoms with van der Waals surface area (Å²) in [7, 11) is -3.13. The van der Waals surface area contributed by atoms with Crippen molar-refractivity contribution in [3.05, 3.63) is 17.0 Å². The molecule has 7 nitrogen and oxygen atoms in total. The molecule has 1 heterocycles. The molecule has 1 aromatic heterocycles. The number of ether oxygens (including phenoxy) is 1. The number of halogens is 1. The van der Waals surface area contributed by atoms with Crippen LogP contribution in [0.5, 0.6) is 0 Å². The average molecular weight is 323 g/mol. The van der Waals surface area contributed by atoms with E-state index in [2.05, 4.69) is 20.0 Å². The van der Waals surface area contributed by atoms with Crippen LogP contribution in [0, 0.1) is 0 Å². The molecule has 9 heteroatoms. The number of anilines is 1. The number of hydrogen-bond acceptors (Lipinski definition) is 6. The molecule has 0 aliphatic rings. The lowest BCUT2D eigenvalue weighted by Crippen LogP contribution is -2.24. The first-order valence-electron chi connectivity index (χ1n) is 6.20. The van der Waals surface area contributed by atoms with E-state index in [0.717, 1.165) is 6.26 Å². The van der Waals surface area contributed by atoms with Gasteiger partial charge in [-0.05, 0) is 13.3 Å². The molecular formula is C11H19ClN4O3S. The van der Waals surface area contributed by atoms with Crippen LogP contribution in [0.25, 0.3) is 0 Å². The van der Waals surface area contributed by atoms with Crippen LogP contribution in [-0.2, 0) is 21.4 Å². The van der Waals surface area contributed by atoms with Crippen molar-refractivity contribution in [3.8, 4) is 0 Å². The smallest absolute Gasteiger partial charge is 0.208 e. The van der Waals surface area contributed by atoms with E-state index in [1.54, 1.807) is 6.07 Å². The molecule has 0 aliphatic carbocycles. The van der Waals surface area contributed by atoms with Gasteiger partial charge in [0.05, 0.1) is 6.26 Å². The van der Waals surface area contributed by atoms with E-state index in [1.165, 1.54) is 0 Å². The average Bonchev–Trinajstić information content (AvgIpc) is 2.34. The zero-order valence-corrected chi connectivity index (χ0v) is 13.1. The Balaban J connectivity index is 2.41. The Kier molecular flexibility index (Phi) is 7.14. The van der Waals surface area contributed by atoms with Crippen molar-refractivity contribution in [3.63, 3.8) is 0 Å². The third-order valence-corrected chi connectivity index (χ3v) is 3.12. The van der Waals surface area contributed by atoms with E-state index in [0.29, 0.717) is 49.5 Å². The Morgan fingerprint density at radius 3 is 2.75 bits per heavy atom. The van der Waals surface area contributed by atoms with Crippen molar-refractivity contribution in [2.45, 2.75) is 20.0 Å². The molecular weight excluding hydrogens is 304 g/mol. The summed E-state index contributed by atoms with van der Waals surface area (Å²) in [4.78, 5) is 8.29. The molecule has 2 N–H and O–H groups in total. The fourth-order valence-corrected chi connectivity index (χ4v) is 2.09. The third-order valence-electron chi connectivity index (χ3n) is 2.20. The molecule has 0 spiro atoms. The first-order valence-corrected chi connectivity index (χ1v) is 8.47. The summed E-state index contributed by atoms with van der Waals surface area (Å²) in [5.74, 6) is 1.11. The van der Waals surface area contributed by atoms with Gasteiger partial charge in [-0.2, -0.15) is 0 Å². The van der Waals surface area contributed by atoms with Crippen molar-refractivity contribution < 1.29 is 13.2 Å². The Bertz CT molecular complexity index is 524. The molecule has 0 radical (unpaired) electrons. The van der Waals surface area contributed by atoms with Crippen LogP contribution in [0.4, 0.5) is 5.82 Å². The lowest BCUT2D eigenvalue weighted by atomic mass is 10.4. The summed E-state index contributed by atoms with van der Waals surface area (Å²) in [6.07, 6.45) is 1.76. The highest BCUT2D eigenvalue weighted by molar-refractivity contribution is 7.88. The van der Waals surface area contributed by atoms with Crippen molar-refractivity contribution in [2.24, 2.45) is 0 Å². The standard InChI is InChI=1S/C11H19ClN4O3S/c1-3-19-8-11-15-9(12)7-10(16-11)13-5-4-6-14-20(2,17)18/h7,14H,3-6,8H2,1-2H3,(H,13,15,16). The number of sulfonamides is 1. The minimum absolute atomic E-state index is 0.307. The largest absolute Gasteiger partial charge is 0.374 e. The summed E-state index contributed by atoms with van der Waals surface area (Å²) >= 11 is 5.89. The molecule has 1 rings (SSSR count). The van der Waals surface area contributed by atoms with Gasteiger partial charge in [0.1, 0.15) is 17.6 Å². The van der Waals surface area contributed by atoms with Crippen LogP contribution < -0.4 is 10.0 Å². The first-order chi connectivity index (χ1) is 9.40. The summed E-state index contributed by atoms with van der Waals surface area (Å²) in [6.45, 7) is 3.72. The highest BCUT2D eigenvalue weighted by atomic mass is 35.5. The molecule has 0 aromatic carbocycles. The number of aromatic nitrogens is 2. The van der Waals surface area contributed by atoms with Crippen LogP contribution in [0.1, 0.15) is 19.2 Å². The van der Waals surface area contributed by atoms with Crippen molar-refractivity contribution in [2.75, 3.05) is 31.3 Å². The lowest BCUT2D eigenvalue weighted by Gasteiger charge is -2.08. The minimum atomic E-state index is -3.13. The Hall–Kier alpha value is -0.960. The van der Waals surface area contributed by atoms with Gasteiger partial charge >= 0.3 is 0 Å². The van der Waals surface area contributed by atoms with E-state index in [4.69, 9.17) is 16.3 Å². The molecule has 20 heavy (non-hydrogen) atoms. The van der Waals surface area contributed by atoms with Crippen LogP contribution in [-0.4, -0.2) is 44.3 Å². The highest BCUT2D eigenvalue weighted by Gasteiger charge is 2.04. The van der Waals surface area contributed by atoms with E-state index < -0.39 is 10.0 Å². The van der Waals surface area contributed by atoms with Gasteiger partial charge in [-0.25, -0.2) is 23.1 Å². The lowest BCUT2D eigenvalue weighted by molar-refractivity contribution is 0.128. The number of rotatable bonds is 9. The van der Waals surface area contributed by atoms with Gasteiger partial charge in [0, 0.05) is 25.8 Å². The maximum Gasteiger partial charge on any atom is 0.208 e. The molecule has 0 unspecified atom stereocenters. The number of nitrogens with one attached hydrogen (secondary N) is 2. The van der Waals surface area contributed by atoms with Crippen LogP contribution in [0.2, 0.25) is 5.15 Å². The second kappa shape index (κ2) is 8.35. The summed E-state index contributed by atoms with van der Waals surface area (Å²) in [6, 6.07) is 1.61. The van der Waals surface area contributed by atoms with E-state index in [1.807, 2.05) is 6.92 Å². The molecule has 0 bridgehead atoms. The zero-order valence-electron chi connectivity index (χ0n) is 11.5. The SMILES string of the molecule is CCOCc1nc(Cl)cc(NCCCNS(C)(=O)=O)n1. The molecule has 0 aliphatic heterocycles. The Morgan fingerprint density at radius 1 is 1.35 bits per heavy atom. The number of hydrogen-bond donors (Lipinski definition) is 2. The van der Waals surface area contributed by atoms with E-state index in [9.17, 15) is 8.42 Å². The second-order valence-electron chi connectivity index (χ2n) is 4.08. The van der Waals surface area contributed by atoms with Crippen molar-refractivity contribution >= 4 is 27.4 Å². The summed E-state index contributed by atoms with van der Waals surface area (Å²) in [5.41, 5.74) is 0. The summed E-state index contributed by atoms with van der Waals surface area (Å²) in [5, 5.41) is 3.40. The predicted molar refractivity (Wildman–Crippen MR) is 78.3 cm³/mol. The van der Waals surface area contributed by atoms with Gasteiger partial charge < -0.3 is 10.1 Å². The maximum absolute atomic E-state index is 10.9. The number of nitrogens with zero attached hydrogens (tertiary/aromatic N) is 2. The first kappa shape index (κ1) is 17.1. The zero-order chi connectivity index (χ0) is 15.0. The van der Waals surface area contributed by atoms with Gasteiger partial charge in [0.15, 0.2) is 5.82 Å². The molecule has 0 saturated carbocycles. The van der Waals surface area contributed by atoms with Crippen LogP contribution in [0.15, 0.2) is 6.07 Å². The van der Waals surface area contributed by atoms with Crippen molar-refractivity contribution in [1.82, 2.24) is 14.7 Å². The Morgan fingerprint density at radius 2 is 2.10 bits per heavy atom. The van der Waals surface area contributed by atoms with Crippen molar-refractivity contribution in [1.29, 1.82) is 0 Å². The van der Waals surface area contributed by atoms with Gasteiger partial charge in [0.25, 0.3) is 0 Å². The van der Waals surface area contributed by atoms with Crippen LogP contribution in [0.3, 0.4) is 0 Å². The maximum atomic E-state index is 10.9. The second-order valence-corrected chi connectivity index (χ2v) is 6.30. The van der Waals surface area contributed by atoms with E-state index >= 15 is 0 Å². The van der Waals surface area contributed by atoms with Gasteiger partial charge in [-0.15, -0.1) is 0 Å². The monoisotopic (exact) mass is 322 g/mol. The topological polar surface area (TPSA) is 93.2 Å². The fraction of sp³-hybridized carbons (Fsp3) is 0.636. The third kappa shape index (κ3) is 7.59. The quantitative estimate of drug-likeness (QED) is 0.521. The fourth-order valence-electron chi connectivity index (χ4n) is 1.38. The van der Waals surface area contributed by atoms with Gasteiger partial charge in [0.2, 0.25) is 10.0 Å². The van der Waals surface area contributed by atoms with Gasteiger partial charge in [-0.1, -0.05) is 11.6 Å². The molecule has 114 valence electrons. The molecule has 0 saturated heterocycles. The molecule has 1 aromatic rings. The van der Waals surface area contributed by atoms with Crippen LogP contribution >= 0.6 is 11.6 Å². The highest BCUT2D eigenvalue weighted by Crippen LogP contribution is 2.12. The molecule has 0 fully saturated rings. The normalized spacial score (nSPS) is 11.6. The van der Waals surface area contributed by atoms with E-state index in [-0.39, 0.29) is 0 Å². The molecule has 0 amide bonds. The summed E-state index contributed by atoms with van der Waals surface area (Å²) < 4.78 is 29.4.